The molecule has 3 rings (SSSR count). The van der Waals surface area contributed by atoms with Gasteiger partial charge in [-0.25, -0.2) is 0 Å². The molecule has 2 aliphatic rings. The highest BCUT2D eigenvalue weighted by atomic mass is 16.5. The second-order valence-electron chi connectivity index (χ2n) is 8.11. The van der Waals surface area contributed by atoms with Crippen LogP contribution in [-0.4, -0.2) is 61.1 Å². The highest BCUT2D eigenvalue weighted by Crippen LogP contribution is 2.34. The molecule has 0 bridgehead atoms. The zero-order valence-electron chi connectivity index (χ0n) is 16.7. The smallest absolute Gasteiger partial charge is 0.313 e. The Bertz CT molecular complexity index is 761. The Hall–Kier alpha value is -2.41. The predicted molar refractivity (Wildman–Crippen MR) is 104 cm³/mol. The number of carboxylic acid groups (broad SMARTS) is 1. The van der Waals surface area contributed by atoms with E-state index in [-0.39, 0.29) is 25.0 Å². The predicted octanol–water partition coefficient (Wildman–Crippen LogP) is 2.11. The van der Waals surface area contributed by atoms with Crippen molar-refractivity contribution in [3.8, 4) is 0 Å². The molecule has 0 aromatic heterocycles. The number of amides is 2. The third-order valence-corrected chi connectivity index (χ3v) is 5.91. The van der Waals surface area contributed by atoms with Crippen molar-refractivity contribution in [2.24, 2.45) is 11.3 Å². The molecule has 2 unspecified atom stereocenters. The molecular formula is C21H28N2O5. The van der Waals surface area contributed by atoms with Crippen LogP contribution in [-0.2, 0) is 19.1 Å². The van der Waals surface area contributed by atoms with Gasteiger partial charge in [-0.3, -0.25) is 14.4 Å². The number of methoxy groups -OCH3 is 1. The summed E-state index contributed by atoms with van der Waals surface area (Å²) in [6.07, 6.45) is 0.785. The number of nitrogens with zero attached hydrogens (tertiary/aromatic N) is 2. The van der Waals surface area contributed by atoms with Gasteiger partial charge in [-0.15, -0.1) is 0 Å². The molecule has 28 heavy (non-hydrogen) atoms. The lowest BCUT2D eigenvalue weighted by molar-refractivity contribution is -0.151. The highest BCUT2D eigenvalue weighted by Gasteiger charge is 2.49. The minimum atomic E-state index is -1.08. The Morgan fingerprint density at radius 1 is 1.25 bits per heavy atom. The Labute approximate surface area is 165 Å². The summed E-state index contributed by atoms with van der Waals surface area (Å²) in [6, 6.07) is 7.86. The lowest BCUT2D eigenvalue weighted by atomic mass is 9.88. The third-order valence-electron chi connectivity index (χ3n) is 5.91. The van der Waals surface area contributed by atoms with Gasteiger partial charge < -0.3 is 19.6 Å². The fourth-order valence-electron chi connectivity index (χ4n) is 4.12. The molecule has 2 amide bonds. The summed E-state index contributed by atoms with van der Waals surface area (Å²) >= 11 is 0. The number of hydrogen-bond acceptors (Lipinski definition) is 4. The van der Waals surface area contributed by atoms with Gasteiger partial charge in [0.05, 0.1) is 6.61 Å². The van der Waals surface area contributed by atoms with Crippen LogP contribution in [0.3, 0.4) is 0 Å². The van der Waals surface area contributed by atoms with Crippen molar-refractivity contribution < 1.29 is 24.2 Å². The van der Waals surface area contributed by atoms with Crippen LogP contribution in [0.1, 0.15) is 38.2 Å². The Balaban J connectivity index is 1.69. The van der Waals surface area contributed by atoms with Crippen LogP contribution in [0.2, 0.25) is 0 Å². The van der Waals surface area contributed by atoms with E-state index in [0.29, 0.717) is 31.8 Å². The minimum Gasteiger partial charge on any atom is -0.481 e. The first-order valence-corrected chi connectivity index (χ1v) is 9.71. The molecule has 2 aliphatic heterocycles. The highest BCUT2D eigenvalue weighted by molar-refractivity contribution is 6.09. The van der Waals surface area contributed by atoms with Crippen molar-refractivity contribution in [2.45, 2.75) is 32.6 Å². The zero-order chi connectivity index (χ0) is 20.5. The van der Waals surface area contributed by atoms with E-state index in [1.807, 2.05) is 24.3 Å². The van der Waals surface area contributed by atoms with Crippen LogP contribution < -0.4 is 4.90 Å². The summed E-state index contributed by atoms with van der Waals surface area (Å²) in [7, 11) is 1.46. The van der Waals surface area contributed by atoms with Crippen molar-refractivity contribution in [3.05, 3.63) is 29.8 Å². The maximum atomic E-state index is 12.9. The number of benzene rings is 1. The first kappa shape index (κ1) is 20.3. The van der Waals surface area contributed by atoms with E-state index in [0.717, 1.165) is 5.69 Å². The van der Waals surface area contributed by atoms with E-state index in [9.17, 15) is 19.5 Å². The standard InChI is InChI=1S/C21H28N2O5/c1-14(2)15-4-6-16(7-5-15)23-10-8-17(19(23)25)18(24)22-11-9-21(12-22,13-28-3)20(26)27/h4-7,14,17H,8-13H2,1-3H3,(H,26,27). The summed E-state index contributed by atoms with van der Waals surface area (Å²) in [6.45, 7) is 5.19. The maximum absolute atomic E-state index is 12.9. The number of rotatable bonds is 6. The van der Waals surface area contributed by atoms with Gasteiger partial charge in [-0.1, -0.05) is 26.0 Å². The molecule has 7 nitrogen and oxygen atoms in total. The summed E-state index contributed by atoms with van der Waals surface area (Å²) in [5.74, 6) is -1.77. The first-order valence-electron chi connectivity index (χ1n) is 9.71. The second kappa shape index (κ2) is 7.91. The van der Waals surface area contributed by atoms with Crippen LogP contribution in [0.15, 0.2) is 24.3 Å². The summed E-state index contributed by atoms with van der Waals surface area (Å²) < 4.78 is 5.07. The first-order chi connectivity index (χ1) is 13.3. The molecule has 2 heterocycles. The second-order valence-corrected chi connectivity index (χ2v) is 8.11. The van der Waals surface area contributed by atoms with E-state index in [1.165, 1.54) is 17.6 Å². The van der Waals surface area contributed by atoms with Gasteiger partial charge in [0.15, 0.2) is 0 Å². The maximum Gasteiger partial charge on any atom is 0.313 e. The van der Waals surface area contributed by atoms with E-state index in [4.69, 9.17) is 4.74 Å². The fourth-order valence-corrected chi connectivity index (χ4v) is 4.12. The minimum absolute atomic E-state index is 0.0546. The molecule has 1 aromatic rings. The number of carbonyl (C=O) groups is 3. The molecule has 1 N–H and O–H groups in total. The molecule has 0 radical (unpaired) electrons. The topological polar surface area (TPSA) is 87.2 Å². The molecule has 0 spiro atoms. The van der Waals surface area contributed by atoms with E-state index >= 15 is 0 Å². The van der Waals surface area contributed by atoms with Crippen molar-refractivity contribution >= 4 is 23.5 Å². The van der Waals surface area contributed by atoms with Gasteiger partial charge in [0.1, 0.15) is 11.3 Å². The quantitative estimate of drug-likeness (QED) is 0.754. The Kier molecular flexibility index (Phi) is 5.74. The summed E-state index contributed by atoms with van der Waals surface area (Å²) in [5, 5.41) is 9.57. The zero-order valence-corrected chi connectivity index (χ0v) is 16.7. The lowest BCUT2D eigenvalue weighted by Gasteiger charge is -2.25. The van der Waals surface area contributed by atoms with E-state index < -0.39 is 17.3 Å². The average molecular weight is 388 g/mol. The number of likely N-dealkylation sites (tertiary alicyclic amines) is 1. The SMILES string of the molecule is COCC1(C(=O)O)CCN(C(=O)C2CCN(c3ccc(C(C)C)cc3)C2=O)C1. The number of anilines is 1. The summed E-state index contributed by atoms with van der Waals surface area (Å²) in [5.41, 5.74) is 0.909. The van der Waals surface area contributed by atoms with Gasteiger partial charge in [0.25, 0.3) is 0 Å². The van der Waals surface area contributed by atoms with Crippen molar-refractivity contribution in [1.29, 1.82) is 0 Å². The van der Waals surface area contributed by atoms with Crippen LogP contribution in [0, 0.1) is 11.3 Å². The molecule has 0 aliphatic carbocycles. The van der Waals surface area contributed by atoms with Crippen molar-refractivity contribution in [2.75, 3.05) is 38.3 Å². The Morgan fingerprint density at radius 2 is 1.93 bits per heavy atom. The molecular weight excluding hydrogens is 360 g/mol. The number of ether oxygens (including phenoxy) is 1. The van der Waals surface area contributed by atoms with Gasteiger partial charge in [-0.2, -0.15) is 0 Å². The van der Waals surface area contributed by atoms with Crippen molar-refractivity contribution in [3.63, 3.8) is 0 Å². The van der Waals surface area contributed by atoms with Gasteiger partial charge in [0.2, 0.25) is 11.8 Å². The largest absolute Gasteiger partial charge is 0.481 e. The molecule has 7 heteroatoms. The van der Waals surface area contributed by atoms with E-state index in [2.05, 4.69) is 13.8 Å². The lowest BCUT2D eigenvalue weighted by Crippen LogP contribution is -2.43. The van der Waals surface area contributed by atoms with Gasteiger partial charge in [-0.05, 0) is 36.5 Å². The molecule has 152 valence electrons. The molecule has 2 saturated heterocycles. The molecule has 0 saturated carbocycles. The third kappa shape index (κ3) is 3.63. The number of aliphatic carboxylic acids is 1. The van der Waals surface area contributed by atoms with Crippen molar-refractivity contribution in [1.82, 2.24) is 4.90 Å². The van der Waals surface area contributed by atoms with Gasteiger partial charge >= 0.3 is 5.97 Å². The molecule has 2 atom stereocenters. The van der Waals surface area contributed by atoms with Gasteiger partial charge in [0, 0.05) is 32.4 Å². The summed E-state index contributed by atoms with van der Waals surface area (Å²) in [4.78, 5) is 40.7. The van der Waals surface area contributed by atoms with Crippen LogP contribution in [0.4, 0.5) is 5.69 Å². The van der Waals surface area contributed by atoms with E-state index in [1.54, 1.807) is 4.90 Å². The number of carboxylic acids is 1. The normalized spacial score (nSPS) is 25.0. The molecule has 2 fully saturated rings. The number of carbonyl (C=O) groups excluding carboxylic acids is 2. The van der Waals surface area contributed by atoms with Crippen LogP contribution >= 0.6 is 0 Å². The number of hydrogen-bond donors (Lipinski definition) is 1. The fraction of sp³-hybridized carbons (Fsp3) is 0.571. The van der Waals surface area contributed by atoms with Crippen LogP contribution in [0.5, 0.6) is 0 Å². The van der Waals surface area contributed by atoms with Crippen LogP contribution in [0.25, 0.3) is 0 Å². The molecule has 1 aromatic carbocycles. The Morgan fingerprint density at radius 3 is 2.50 bits per heavy atom. The average Bonchev–Trinajstić information content (AvgIpc) is 3.26. The monoisotopic (exact) mass is 388 g/mol.